The molecule has 0 radical (unpaired) electrons. The number of sulfonamides is 1. The molecule has 4 heterocycles. The summed E-state index contributed by atoms with van der Waals surface area (Å²) >= 11 is 7.60. The number of allylic oxidation sites excluding steroid dienone is 1. The second kappa shape index (κ2) is 25.2. The van der Waals surface area contributed by atoms with Crippen LogP contribution in [-0.4, -0.2) is 144 Å². The van der Waals surface area contributed by atoms with Gasteiger partial charge in [0.05, 0.1) is 22.5 Å². The number of imide groups is 1. The summed E-state index contributed by atoms with van der Waals surface area (Å²) in [6.45, 7) is 11.3. The molecule has 3 N–H and O–H groups in total. The average Bonchev–Trinajstić information content (AvgIpc) is 3.54. The van der Waals surface area contributed by atoms with Crippen molar-refractivity contribution in [2.75, 3.05) is 92.9 Å². The van der Waals surface area contributed by atoms with Crippen molar-refractivity contribution in [3.05, 3.63) is 143 Å². The average molecular weight is 1190 g/mol. The summed E-state index contributed by atoms with van der Waals surface area (Å²) in [5.41, 5.74) is -0.675. The zero-order chi connectivity index (χ0) is 57.7. The minimum atomic E-state index is -6.16. The van der Waals surface area contributed by atoms with Crippen molar-refractivity contribution in [1.82, 2.24) is 29.7 Å². The number of pyridine rings is 1. The number of alkyl halides is 3. The summed E-state index contributed by atoms with van der Waals surface area (Å²) in [5.74, 6) is -1.88. The molecule has 0 spiro atoms. The van der Waals surface area contributed by atoms with Crippen LogP contribution < -0.4 is 25.2 Å². The molecule has 5 aromatic rings. The van der Waals surface area contributed by atoms with E-state index in [1.54, 1.807) is 12.1 Å². The Morgan fingerprint density at radius 2 is 1.47 bits per heavy atom. The number of hydrogen-bond acceptors (Lipinski definition) is 14. The normalized spacial score (nSPS) is 18.4. The molecule has 4 aromatic carbocycles. The third-order valence-corrected chi connectivity index (χ3v) is 19.5. The standard InChI is InChI=1S/C57H64ClF4N9O7S3/c1-56(2)21-18-49(39-8-12-43(58)13-9-39)42(34-56)37-69-28-30-70(31-29-69)45-14-10-40(11-15-45)54(73)66-81(77,78)48-16-17-50(51(33-48)80(75,76)57(60,61)62)64-44(38-79-47-6-4-3-5-7-47)19-22-67-24-26-68(27-25-67)36-41-32-46(35-63-53(41)59)71-23-20-52(72)65-55(71)74/h3-17,32-33,35,44,64H,18-31,34,36-38H2,1-2H3,(H,66,73)(H,65,72,74)/t44-/m1/s1. The molecule has 1 aromatic heterocycles. The number of amides is 4. The number of benzene rings is 4. The van der Waals surface area contributed by atoms with Gasteiger partial charge in [-0.1, -0.05) is 61.4 Å². The van der Waals surface area contributed by atoms with Gasteiger partial charge in [-0.3, -0.25) is 29.6 Å². The molecule has 0 saturated carbocycles. The summed E-state index contributed by atoms with van der Waals surface area (Å²) in [4.78, 5) is 50.2. The van der Waals surface area contributed by atoms with Gasteiger partial charge in [-0.2, -0.15) is 17.6 Å². The Bertz CT molecular complexity index is 3360. The van der Waals surface area contributed by atoms with Crippen molar-refractivity contribution in [3.63, 3.8) is 0 Å². The zero-order valence-electron chi connectivity index (χ0n) is 44.9. The number of carbonyl (C=O) groups is 3. The van der Waals surface area contributed by atoms with Crippen LogP contribution in [0.2, 0.25) is 5.02 Å². The maximum Gasteiger partial charge on any atom is 0.501 e. The Balaban J connectivity index is 0.837. The first-order chi connectivity index (χ1) is 38.5. The molecule has 1 atom stereocenters. The number of carbonyl (C=O) groups excluding carboxylic acids is 3. The first-order valence-corrected chi connectivity index (χ1v) is 31.0. The number of thioether (sulfide) groups is 1. The van der Waals surface area contributed by atoms with E-state index in [0.717, 1.165) is 61.6 Å². The largest absolute Gasteiger partial charge is 0.501 e. The van der Waals surface area contributed by atoms with Crippen molar-refractivity contribution in [1.29, 1.82) is 0 Å². The van der Waals surface area contributed by atoms with Crippen LogP contribution in [0.1, 0.15) is 67.4 Å². The molecule has 4 amide bonds. The highest BCUT2D eigenvalue weighted by Crippen LogP contribution is 2.43. The van der Waals surface area contributed by atoms with Crippen molar-refractivity contribution >= 4 is 83.7 Å². The lowest BCUT2D eigenvalue weighted by atomic mass is 9.73. The number of aromatic nitrogens is 1. The molecular weight excluding hydrogens is 1130 g/mol. The van der Waals surface area contributed by atoms with Gasteiger partial charge in [0.25, 0.3) is 25.8 Å². The number of piperazine rings is 2. The highest BCUT2D eigenvalue weighted by Gasteiger charge is 2.48. The first-order valence-electron chi connectivity index (χ1n) is 26.7. The van der Waals surface area contributed by atoms with Crippen molar-refractivity contribution in [3.8, 4) is 0 Å². The second-order valence-corrected chi connectivity index (χ2v) is 26.7. The quantitative estimate of drug-likeness (QED) is 0.0404. The number of nitrogens with one attached hydrogen (secondary N) is 3. The minimum absolute atomic E-state index is 0.0366. The number of sulfone groups is 1. The summed E-state index contributed by atoms with van der Waals surface area (Å²) in [5, 5.41) is 5.95. The Hall–Kier alpha value is -6.08. The fourth-order valence-electron chi connectivity index (χ4n) is 10.6. The summed E-state index contributed by atoms with van der Waals surface area (Å²) in [6.07, 6.45) is 4.75. The Morgan fingerprint density at radius 1 is 0.802 bits per heavy atom. The monoisotopic (exact) mass is 1190 g/mol. The number of rotatable bonds is 19. The molecule has 0 bridgehead atoms. The van der Waals surface area contributed by atoms with Gasteiger partial charge in [-0.05, 0) is 115 Å². The van der Waals surface area contributed by atoms with Crippen molar-refractivity contribution < 1.29 is 48.8 Å². The van der Waals surface area contributed by atoms with E-state index in [9.17, 15) is 48.8 Å². The van der Waals surface area contributed by atoms with Crippen LogP contribution in [0.25, 0.3) is 5.57 Å². The lowest BCUT2D eigenvalue weighted by Crippen LogP contribution is -2.49. The number of halogens is 5. The van der Waals surface area contributed by atoms with Crippen LogP contribution in [0.5, 0.6) is 0 Å². The third-order valence-electron chi connectivity index (χ3n) is 15.2. The van der Waals surface area contributed by atoms with Gasteiger partial charge in [0.1, 0.15) is 4.90 Å². The molecule has 1 aliphatic carbocycles. The van der Waals surface area contributed by atoms with Crippen molar-refractivity contribution in [2.45, 2.75) is 78.7 Å². The van der Waals surface area contributed by atoms with Crippen LogP contribution in [-0.2, 0) is 31.2 Å². The van der Waals surface area contributed by atoms with Crippen LogP contribution in [0.15, 0.2) is 130 Å². The molecule has 9 rings (SSSR count). The van der Waals surface area contributed by atoms with Gasteiger partial charge in [-0.25, -0.2) is 31.3 Å². The lowest BCUT2D eigenvalue weighted by molar-refractivity contribution is -0.120. The van der Waals surface area contributed by atoms with Crippen LogP contribution >= 0.6 is 23.4 Å². The zero-order valence-corrected chi connectivity index (χ0v) is 48.1. The van der Waals surface area contributed by atoms with E-state index < -0.39 is 70.7 Å². The van der Waals surface area contributed by atoms with E-state index in [-0.39, 0.29) is 41.8 Å². The van der Waals surface area contributed by atoms with Crippen LogP contribution in [0.4, 0.5) is 39.4 Å². The van der Waals surface area contributed by atoms with Gasteiger partial charge in [0.15, 0.2) is 0 Å². The minimum Gasteiger partial charge on any atom is -0.380 e. The van der Waals surface area contributed by atoms with Gasteiger partial charge < -0.3 is 15.1 Å². The molecule has 81 heavy (non-hydrogen) atoms. The Kier molecular flexibility index (Phi) is 18.5. The fourth-order valence-corrected chi connectivity index (χ4v) is 13.8. The van der Waals surface area contributed by atoms with Gasteiger partial charge in [-0.15, -0.1) is 11.8 Å². The smallest absolute Gasteiger partial charge is 0.380 e. The van der Waals surface area contributed by atoms with E-state index in [1.165, 1.54) is 57.8 Å². The van der Waals surface area contributed by atoms with E-state index in [4.69, 9.17) is 11.6 Å². The van der Waals surface area contributed by atoms with Crippen molar-refractivity contribution in [2.24, 2.45) is 5.41 Å². The summed E-state index contributed by atoms with van der Waals surface area (Å²) in [7, 11) is -11.1. The first kappa shape index (κ1) is 59.5. The van der Waals surface area contributed by atoms with Crippen LogP contribution in [0, 0.1) is 11.4 Å². The SMILES string of the molecule is CC1(C)CCC(c2ccc(Cl)cc2)=C(CN2CCN(c3ccc(C(=O)NS(=O)(=O)c4ccc(N[C@H](CCN5CCN(Cc6cc(N7CCC(=O)NC7=O)cnc6F)CC5)CSc5ccccc5)c(S(=O)(=O)C(F)(F)F)c4)cc3)CC2)C1. The Morgan fingerprint density at radius 3 is 2.15 bits per heavy atom. The number of anilines is 3. The lowest BCUT2D eigenvalue weighted by Gasteiger charge is -2.39. The second-order valence-electron chi connectivity index (χ2n) is 21.6. The molecule has 3 saturated heterocycles. The molecule has 0 unspecified atom stereocenters. The molecule has 24 heteroatoms. The number of urea groups is 1. The van der Waals surface area contributed by atoms with E-state index in [0.29, 0.717) is 69.0 Å². The predicted molar refractivity (Wildman–Crippen MR) is 306 cm³/mol. The van der Waals surface area contributed by atoms with E-state index >= 15 is 0 Å². The maximum absolute atomic E-state index is 15.0. The molecular formula is C57H64ClF4N9O7S3. The maximum atomic E-state index is 15.0. The van der Waals surface area contributed by atoms with Crippen LogP contribution in [0.3, 0.4) is 0 Å². The van der Waals surface area contributed by atoms with E-state index in [2.05, 4.69) is 56.3 Å². The predicted octanol–water partition coefficient (Wildman–Crippen LogP) is 9.30. The summed E-state index contributed by atoms with van der Waals surface area (Å²) in [6, 6.07) is 26.2. The number of hydrogen-bond donors (Lipinski definition) is 3. The van der Waals surface area contributed by atoms with Gasteiger partial charge >= 0.3 is 11.5 Å². The fraction of sp³-hybridized carbons (Fsp3) is 0.404. The highest BCUT2D eigenvalue weighted by atomic mass is 35.5. The molecule has 16 nitrogen and oxygen atoms in total. The molecule has 4 aliphatic rings. The van der Waals surface area contributed by atoms with E-state index in [1.807, 2.05) is 52.1 Å². The highest BCUT2D eigenvalue weighted by molar-refractivity contribution is 7.99. The third kappa shape index (κ3) is 15.0. The molecule has 3 aliphatic heterocycles. The summed E-state index contributed by atoms with van der Waals surface area (Å²) < 4.78 is 114. The van der Waals surface area contributed by atoms with Gasteiger partial charge in [0.2, 0.25) is 11.9 Å². The van der Waals surface area contributed by atoms with Gasteiger partial charge in [0, 0.05) is 123 Å². The Labute approximate surface area is 479 Å². The topological polar surface area (TPSA) is 185 Å². The number of nitrogens with zero attached hydrogens (tertiary/aromatic N) is 6. The molecule has 432 valence electrons. The molecule has 3 fully saturated rings.